The van der Waals surface area contributed by atoms with Crippen LogP contribution < -0.4 is 0 Å². The van der Waals surface area contributed by atoms with E-state index in [1.165, 1.54) is 69.2 Å². The molecule has 0 fully saturated rings. The predicted octanol–water partition coefficient (Wildman–Crippen LogP) is 15.2. The fourth-order valence-corrected chi connectivity index (χ4v) is 9.86. The van der Waals surface area contributed by atoms with Crippen LogP contribution in [0.25, 0.3) is 119 Å². The van der Waals surface area contributed by atoms with Crippen LogP contribution in [0.1, 0.15) is 0 Å². The van der Waals surface area contributed by atoms with E-state index in [0.717, 1.165) is 49.6 Å². The summed E-state index contributed by atoms with van der Waals surface area (Å²) in [5.41, 5.74) is 9.55. The van der Waals surface area contributed by atoms with Crippen molar-refractivity contribution in [3.05, 3.63) is 170 Å². The molecule has 12 aromatic rings. The highest BCUT2D eigenvalue weighted by atomic mass is 32.1. The third-order valence-electron chi connectivity index (χ3n) is 11.1. The van der Waals surface area contributed by atoms with Crippen LogP contribution >= 0.6 is 11.3 Å². The van der Waals surface area contributed by atoms with Crippen LogP contribution in [0.3, 0.4) is 0 Å². The molecule has 9 aromatic carbocycles. The number of rotatable bonds is 3. The summed E-state index contributed by atoms with van der Waals surface area (Å²) in [5.74, 6) is 0. The minimum absolute atomic E-state index is 0.821. The van der Waals surface area contributed by atoms with Gasteiger partial charge < -0.3 is 8.83 Å². The zero-order chi connectivity index (χ0) is 34.6. The molecule has 3 aromatic heterocycles. The van der Waals surface area contributed by atoms with Crippen molar-refractivity contribution in [1.82, 2.24) is 0 Å². The third-order valence-corrected chi connectivity index (χ3v) is 12.3. The lowest BCUT2D eigenvalue weighted by molar-refractivity contribution is 0.616. The first-order chi connectivity index (χ1) is 26.3. The molecule has 12 rings (SSSR count). The van der Waals surface area contributed by atoms with E-state index in [-0.39, 0.29) is 0 Å². The maximum atomic E-state index is 6.86. The van der Waals surface area contributed by atoms with E-state index in [1.54, 1.807) is 0 Å². The maximum Gasteiger partial charge on any atom is 0.147 e. The zero-order valence-electron chi connectivity index (χ0n) is 28.4. The lowest BCUT2D eigenvalue weighted by Crippen LogP contribution is -1.90. The smallest absolute Gasteiger partial charge is 0.147 e. The van der Waals surface area contributed by atoms with Gasteiger partial charge in [0.05, 0.1) is 11.6 Å². The number of thiophene rings is 1. The summed E-state index contributed by atoms with van der Waals surface area (Å²) >= 11 is 1.87. The van der Waals surface area contributed by atoms with Gasteiger partial charge in [0.1, 0.15) is 16.7 Å². The van der Waals surface area contributed by atoms with Crippen LogP contribution in [0.15, 0.2) is 179 Å². The van der Waals surface area contributed by atoms with E-state index < -0.39 is 0 Å². The summed E-state index contributed by atoms with van der Waals surface area (Å²) < 4.78 is 15.6. The molecule has 53 heavy (non-hydrogen) atoms. The van der Waals surface area contributed by atoms with Crippen LogP contribution in [0.4, 0.5) is 0 Å². The first-order valence-corrected chi connectivity index (χ1v) is 18.8. The molecule has 246 valence electrons. The highest BCUT2D eigenvalue weighted by molar-refractivity contribution is 7.25. The van der Waals surface area contributed by atoms with Crippen LogP contribution in [-0.2, 0) is 0 Å². The van der Waals surface area contributed by atoms with E-state index in [4.69, 9.17) is 8.83 Å². The van der Waals surface area contributed by atoms with Crippen molar-refractivity contribution < 1.29 is 8.83 Å². The van der Waals surface area contributed by atoms with E-state index in [2.05, 4.69) is 164 Å². The molecule has 0 bridgehead atoms. The van der Waals surface area contributed by atoms with Gasteiger partial charge in [-0.05, 0) is 103 Å². The van der Waals surface area contributed by atoms with Crippen molar-refractivity contribution in [3.63, 3.8) is 0 Å². The number of hydrogen-bond acceptors (Lipinski definition) is 3. The van der Waals surface area contributed by atoms with Gasteiger partial charge in [0.25, 0.3) is 0 Å². The first kappa shape index (κ1) is 29.0. The SMILES string of the molecule is c1ccc2cc(-c3coc4ccc5c6ccc(-c7c8ccccc8c(-c8ccc9c(c8)sc8ccccc89)c8ccccc78)cc6oc5c34)ccc2c1. The number of fused-ring (bicyclic) bond motifs is 11. The van der Waals surface area contributed by atoms with Crippen LogP contribution in [-0.4, -0.2) is 0 Å². The Bertz CT molecular complexity index is 3410. The van der Waals surface area contributed by atoms with E-state index in [0.29, 0.717) is 0 Å². The molecule has 0 atom stereocenters. The fraction of sp³-hybridized carbons (Fsp3) is 0. The van der Waals surface area contributed by atoms with Crippen molar-refractivity contribution >= 4 is 96.7 Å². The minimum Gasteiger partial charge on any atom is -0.464 e. The summed E-state index contributed by atoms with van der Waals surface area (Å²) in [6.07, 6.45) is 1.87. The third kappa shape index (κ3) is 4.20. The predicted molar refractivity (Wildman–Crippen MR) is 225 cm³/mol. The van der Waals surface area contributed by atoms with Crippen molar-refractivity contribution in [2.24, 2.45) is 0 Å². The average Bonchev–Trinajstić information content (AvgIpc) is 3.92. The van der Waals surface area contributed by atoms with E-state index in [1.807, 2.05) is 17.6 Å². The lowest BCUT2D eigenvalue weighted by atomic mass is 9.85. The van der Waals surface area contributed by atoms with Crippen molar-refractivity contribution in [2.45, 2.75) is 0 Å². The number of benzene rings is 9. The van der Waals surface area contributed by atoms with Crippen molar-refractivity contribution in [1.29, 1.82) is 0 Å². The molecule has 0 unspecified atom stereocenters. The quantitative estimate of drug-likeness (QED) is 0.172. The summed E-state index contributed by atoms with van der Waals surface area (Å²) in [6, 6.07) is 59.4. The molecule has 0 spiro atoms. The van der Waals surface area contributed by atoms with Gasteiger partial charge in [0.15, 0.2) is 0 Å². The zero-order valence-corrected chi connectivity index (χ0v) is 29.2. The van der Waals surface area contributed by atoms with Gasteiger partial charge in [0, 0.05) is 36.5 Å². The van der Waals surface area contributed by atoms with Gasteiger partial charge in [-0.15, -0.1) is 11.3 Å². The Balaban J connectivity index is 1.07. The second-order valence-corrected chi connectivity index (χ2v) is 15.1. The number of furan rings is 2. The summed E-state index contributed by atoms with van der Waals surface area (Å²) in [4.78, 5) is 0. The highest BCUT2D eigenvalue weighted by Gasteiger charge is 2.21. The summed E-state index contributed by atoms with van der Waals surface area (Å²) in [7, 11) is 0. The van der Waals surface area contributed by atoms with Gasteiger partial charge >= 0.3 is 0 Å². The van der Waals surface area contributed by atoms with Crippen LogP contribution in [0.2, 0.25) is 0 Å². The Morgan fingerprint density at radius 2 is 0.962 bits per heavy atom. The molecule has 3 heterocycles. The molecule has 0 saturated carbocycles. The minimum atomic E-state index is 0.821. The summed E-state index contributed by atoms with van der Waals surface area (Å²) in [5, 5.41) is 13.2. The standard InChI is InChI=1S/C50H28O2S/c1-2-10-30-25-31(18-17-29(30)9-1)42-28-51-43-24-23-41-34-21-19-32(26-44(34)52-50(41)49(42)43)47-37-12-3-5-14-39(37)48(40-15-6-4-13-38(40)47)33-20-22-36-35-11-7-8-16-45(35)53-46(36)27-33/h1-28H. The lowest BCUT2D eigenvalue weighted by Gasteiger charge is -2.17. The van der Waals surface area contributed by atoms with E-state index >= 15 is 0 Å². The Morgan fingerprint density at radius 3 is 1.72 bits per heavy atom. The van der Waals surface area contributed by atoms with Gasteiger partial charge in [-0.2, -0.15) is 0 Å². The van der Waals surface area contributed by atoms with Gasteiger partial charge in [-0.3, -0.25) is 0 Å². The molecule has 0 aliphatic carbocycles. The molecule has 0 aliphatic heterocycles. The monoisotopic (exact) mass is 692 g/mol. The second kappa shape index (κ2) is 10.9. The molecule has 0 radical (unpaired) electrons. The highest BCUT2D eigenvalue weighted by Crippen LogP contribution is 2.47. The molecule has 0 saturated heterocycles. The van der Waals surface area contributed by atoms with Gasteiger partial charge in [-0.25, -0.2) is 0 Å². The topological polar surface area (TPSA) is 26.3 Å². The Morgan fingerprint density at radius 1 is 0.377 bits per heavy atom. The molecule has 0 amide bonds. The molecule has 0 aliphatic rings. The second-order valence-electron chi connectivity index (χ2n) is 14.0. The normalized spacial score (nSPS) is 12.2. The molecular formula is C50H28O2S. The fourth-order valence-electron chi connectivity index (χ4n) is 8.71. The molecule has 0 N–H and O–H groups in total. The van der Waals surface area contributed by atoms with Gasteiger partial charge in [0.2, 0.25) is 0 Å². The molecular weight excluding hydrogens is 665 g/mol. The van der Waals surface area contributed by atoms with Crippen molar-refractivity contribution in [2.75, 3.05) is 0 Å². The maximum absolute atomic E-state index is 6.86. The molecule has 2 nitrogen and oxygen atoms in total. The average molecular weight is 693 g/mol. The number of hydrogen-bond donors (Lipinski definition) is 0. The Kier molecular flexibility index (Phi) is 5.96. The van der Waals surface area contributed by atoms with Crippen LogP contribution in [0, 0.1) is 0 Å². The molecule has 3 heteroatoms. The first-order valence-electron chi connectivity index (χ1n) is 18.0. The van der Waals surface area contributed by atoms with Crippen molar-refractivity contribution in [3.8, 4) is 33.4 Å². The summed E-state index contributed by atoms with van der Waals surface area (Å²) in [6.45, 7) is 0. The van der Waals surface area contributed by atoms with E-state index in [9.17, 15) is 0 Å². The largest absolute Gasteiger partial charge is 0.464 e. The van der Waals surface area contributed by atoms with Crippen LogP contribution in [0.5, 0.6) is 0 Å². The van der Waals surface area contributed by atoms with Gasteiger partial charge in [-0.1, -0.05) is 121 Å². The Hall–Kier alpha value is -6.68. The Labute approximate surface area is 307 Å².